The van der Waals surface area contributed by atoms with Crippen LogP contribution in [0.15, 0.2) is 18.2 Å². The largest absolute Gasteiger partial charge is 0.493 e. The van der Waals surface area contributed by atoms with E-state index in [1.54, 1.807) is 0 Å². The Hall–Kier alpha value is -1.18. The average Bonchev–Trinajstić information content (AvgIpc) is 2.97. The Kier molecular flexibility index (Phi) is 2.73. The van der Waals surface area contributed by atoms with Crippen molar-refractivity contribution in [2.45, 2.75) is 32.1 Å². The molecule has 1 saturated carbocycles. The van der Waals surface area contributed by atoms with Gasteiger partial charge in [0.2, 0.25) is 0 Å². The molecule has 0 aromatic heterocycles. The number of rotatable bonds is 3. The first-order valence-electron chi connectivity index (χ1n) is 6.41. The third kappa shape index (κ3) is 2.01. The molecule has 1 fully saturated rings. The van der Waals surface area contributed by atoms with Crippen LogP contribution in [-0.2, 0) is 6.42 Å². The number of fused-ring (bicyclic) bond motifs is 1. The normalized spacial score (nSPS) is 19.5. The summed E-state index contributed by atoms with van der Waals surface area (Å²) in [5, 5.41) is 3.39. The molecule has 0 unspecified atom stereocenters. The number of hydrogen-bond donors (Lipinski definition) is 1. The molecule has 2 heteroatoms. The molecule has 1 aliphatic carbocycles. The molecule has 0 amide bonds. The van der Waals surface area contributed by atoms with E-state index in [4.69, 9.17) is 4.74 Å². The number of anilines is 1. The number of hydrogen-bond acceptors (Lipinski definition) is 2. The zero-order valence-electron chi connectivity index (χ0n) is 9.67. The van der Waals surface area contributed by atoms with Crippen LogP contribution in [-0.4, -0.2) is 13.2 Å². The molecule has 1 N–H and O–H groups in total. The van der Waals surface area contributed by atoms with Gasteiger partial charge in [-0.05, 0) is 36.8 Å². The molecule has 0 atom stereocenters. The minimum Gasteiger partial charge on any atom is -0.493 e. The maximum absolute atomic E-state index is 5.88. The van der Waals surface area contributed by atoms with E-state index in [1.165, 1.54) is 36.9 Å². The summed E-state index contributed by atoms with van der Waals surface area (Å²) >= 11 is 0. The van der Waals surface area contributed by atoms with Crippen LogP contribution in [0, 0.1) is 5.92 Å². The molecule has 1 heterocycles. The molecule has 0 radical (unpaired) electrons. The summed E-state index contributed by atoms with van der Waals surface area (Å²) < 4.78 is 5.88. The molecule has 0 bridgehead atoms. The van der Waals surface area contributed by atoms with Crippen molar-refractivity contribution < 1.29 is 4.74 Å². The highest BCUT2D eigenvalue weighted by atomic mass is 16.5. The van der Waals surface area contributed by atoms with Gasteiger partial charge in [-0.2, -0.15) is 0 Å². The van der Waals surface area contributed by atoms with Gasteiger partial charge in [-0.1, -0.05) is 18.9 Å². The lowest BCUT2D eigenvalue weighted by Gasteiger charge is -2.12. The van der Waals surface area contributed by atoms with E-state index in [2.05, 4.69) is 23.5 Å². The van der Waals surface area contributed by atoms with Crippen molar-refractivity contribution in [3.05, 3.63) is 23.8 Å². The fourth-order valence-electron chi connectivity index (χ4n) is 2.75. The van der Waals surface area contributed by atoms with Crippen molar-refractivity contribution in [1.82, 2.24) is 0 Å². The molecular formula is C14H19NO. The van der Waals surface area contributed by atoms with Crippen LogP contribution in [0.25, 0.3) is 0 Å². The average molecular weight is 217 g/mol. The molecule has 0 spiro atoms. The second-order valence-corrected chi connectivity index (χ2v) is 4.96. The molecule has 1 aliphatic heterocycles. The monoisotopic (exact) mass is 217 g/mol. The molecular weight excluding hydrogens is 198 g/mol. The first-order chi connectivity index (χ1) is 7.92. The number of nitrogens with one attached hydrogen (secondary N) is 1. The van der Waals surface area contributed by atoms with Crippen molar-refractivity contribution in [3.63, 3.8) is 0 Å². The minimum absolute atomic E-state index is 0.793. The van der Waals surface area contributed by atoms with Crippen LogP contribution in [0.1, 0.15) is 31.2 Å². The topological polar surface area (TPSA) is 21.3 Å². The summed E-state index contributed by atoms with van der Waals surface area (Å²) in [4.78, 5) is 0. The van der Waals surface area contributed by atoms with Gasteiger partial charge in [0.15, 0.2) is 0 Å². The Morgan fingerprint density at radius 3 is 3.00 bits per heavy atom. The summed E-state index contributed by atoms with van der Waals surface area (Å²) in [6.07, 6.45) is 6.63. The Balaban J connectivity index is 1.61. The standard InChI is InChI=1S/C14H19NO/c1-2-4-11(3-1)10-16-13-6-5-12-7-8-15-14(12)9-13/h5-6,9,11,15H,1-4,7-8,10H2. The van der Waals surface area contributed by atoms with Crippen LogP contribution >= 0.6 is 0 Å². The predicted molar refractivity (Wildman–Crippen MR) is 66.1 cm³/mol. The molecule has 2 nitrogen and oxygen atoms in total. The Labute approximate surface area is 97.0 Å². The van der Waals surface area contributed by atoms with Crippen molar-refractivity contribution in [1.29, 1.82) is 0 Å². The van der Waals surface area contributed by atoms with Crippen LogP contribution in [0.3, 0.4) is 0 Å². The van der Waals surface area contributed by atoms with Gasteiger partial charge in [-0.25, -0.2) is 0 Å². The van der Waals surface area contributed by atoms with Gasteiger partial charge in [0.1, 0.15) is 5.75 Å². The lowest BCUT2D eigenvalue weighted by molar-refractivity contribution is 0.252. The van der Waals surface area contributed by atoms with Crippen molar-refractivity contribution in [2.75, 3.05) is 18.5 Å². The molecule has 86 valence electrons. The minimum atomic E-state index is 0.793. The molecule has 1 aromatic rings. The highest BCUT2D eigenvalue weighted by Crippen LogP contribution is 2.29. The molecule has 0 saturated heterocycles. The summed E-state index contributed by atoms with van der Waals surface area (Å²) in [6, 6.07) is 6.46. The molecule has 16 heavy (non-hydrogen) atoms. The summed E-state index contributed by atoms with van der Waals surface area (Å²) in [7, 11) is 0. The van der Waals surface area contributed by atoms with Crippen molar-refractivity contribution in [2.24, 2.45) is 5.92 Å². The molecule has 3 rings (SSSR count). The fourth-order valence-corrected chi connectivity index (χ4v) is 2.75. The quantitative estimate of drug-likeness (QED) is 0.839. The van der Waals surface area contributed by atoms with E-state index in [0.717, 1.165) is 31.2 Å². The lowest BCUT2D eigenvalue weighted by atomic mass is 10.1. The Morgan fingerprint density at radius 2 is 2.12 bits per heavy atom. The van der Waals surface area contributed by atoms with Gasteiger partial charge in [0.05, 0.1) is 6.61 Å². The molecule has 1 aromatic carbocycles. The maximum Gasteiger partial charge on any atom is 0.121 e. The third-order valence-corrected chi connectivity index (χ3v) is 3.75. The van der Waals surface area contributed by atoms with E-state index in [0.29, 0.717) is 0 Å². The number of benzene rings is 1. The van der Waals surface area contributed by atoms with E-state index < -0.39 is 0 Å². The van der Waals surface area contributed by atoms with E-state index >= 15 is 0 Å². The Morgan fingerprint density at radius 1 is 1.25 bits per heavy atom. The highest BCUT2D eigenvalue weighted by molar-refractivity contribution is 5.58. The van der Waals surface area contributed by atoms with E-state index in [1.807, 2.05) is 0 Å². The summed E-state index contributed by atoms with van der Waals surface area (Å²) in [6.45, 7) is 1.97. The SMILES string of the molecule is c1cc2c(cc1OCC1CCCC1)NCC2. The van der Waals surface area contributed by atoms with Crippen LogP contribution in [0.5, 0.6) is 5.75 Å². The van der Waals surface area contributed by atoms with E-state index in [-0.39, 0.29) is 0 Å². The van der Waals surface area contributed by atoms with Crippen molar-refractivity contribution >= 4 is 5.69 Å². The summed E-state index contributed by atoms with van der Waals surface area (Å²) in [5.41, 5.74) is 2.69. The third-order valence-electron chi connectivity index (χ3n) is 3.75. The van der Waals surface area contributed by atoms with Gasteiger partial charge >= 0.3 is 0 Å². The first-order valence-corrected chi connectivity index (χ1v) is 6.41. The fraction of sp³-hybridized carbons (Fsp3) is 0.571. The van der Waals surface area contributed by atoms with Gasteiger partial charge in [-0.15, -0.1) is 0 Å². The summed E-state index contributed by atoms with van der Waals surface area (Å²) in [5.74, 6) is 1.82. The smallest absolute Gasteiger partial charge is 0.121 e. The zero-order chi connectivity index (χ0) is 10.8. The zero-order valence-corrected chi connectivity index (χ0v) is 9.67. The second kappa shape index (κ2) is 4.36. The van der Waals surface area contributed by atoms with Gasteiger partial charge in [0, 0.05) is 18.3 Å². The van der Waals surface area contributed by atoms with Gasteiger partial charge in [0.25, 0.3) is 0 Å². The van der Waals surface area contributed by atoms with E-state index in [9.17, 15) is 0 Å². The Bertz CT molecular complexity index is 369. The van der Waals surface area contributed by atoms with Crippen molar-refractivity contribution in [3.8, 4) is 5.75 Å². The van der Waals surface area contributed by atoms with Gasteiger partial charge in [-0.3, -0.25) is 0 Å². The maximum atomic E-state index is 5.88. The van der Waals surface area contributed by atoms with Gasteiger partial charge < -0.3 is 10.1 Å². The molecule has 2 aliphatic rings. The predicted octanol–water partition coefficient (Wildman–Crippen LogP) is 3.22. The first kappa shape index (κ1) is 10.0. The number of ether oxygens (including phenoxy) is 1. The lowest BCUT2D eigenvalue weighted by Crippen LogP contribution is -2.08. The van der Waals surface area contributed by atoms with Crippen LogP contribution in [0.2, 0.25) is 0 Å². The second-order valence-electron chi connectivity index (χ2n) is 4.96. The van der Waals surface area contributed by atoms with Crippen LogP contribution < -0.4 is 10.1 Å². The highest BCUT2D eigenvalue weighted by Gasteiger charge is 2.16. The van der Waals surface area contributed by atoms with Crippen LogP contribution in [0.4, 0.5) is 5.69 Å².